The predicted octanol–water partition coefficient (Wildman–Crippen LogP) is 7.90. The van der Waals surface area contributed by atoms with Gasteiger partial charge in [-0.25, -0.2) is 0 Å². The molecular formula is C30H30O3P+. The highest BCUT2D eigenvalue weighted by Gasteiger charge is 2.23. The summed E-state index contributed by atoms with van der Waals surface area (Å²) in [6.45, 7) is 12.5. The molecule has 0 spiro atoms. The second-order valence-corrected chi connectivity index (χ2v) is 10.4. The minimum absolute atomic E-state index is 0.728. The minimum atomic E-state index is -1.71. The summed E-state index contributed by atoms with van der Waals surface area (Å²) in [5.41, 5.74) is 7.23. The zero-order chi connectivity index (χ0) is 24.4. The Labute approximate surface area is 203 Å². The van der Waals surface area contributed by atoms with Crippen LogP contribution in [0.2, 0.25) is 0 Å². The van der Waals surface area contributed by atoms with Crippen LogP contribution in [-0.2, 0) is 4.57 Å². The van der Waals surface area contributed by atoms with Crippen LogP contribution in [0.15, 0.2) is 72.8 Å². The molecule has 0 radical (unpaired) electrons. The van der Waals surface area contributed by atoms with Crippen molar-refractivity contribution < 1.29 is 14.0 Å². The number of benzene rings is 4. The lowest BCUT2D eigenvalue weighted by Gasteiger charge is -2.12. The molecule has 4 aromatic rings. The Morgan fingerprint density at radius 3 is 1.18 bits per heavy atom. The van der Waals surface area contributed by atoms with Gasteiger partial charge in [-0.05, 0) is 136 Å². The molecule has 0 aliphatic heterocycles. The highest BCUT2D eigenvalue weighted by molar-refractivity contribution is 7.61. The van der Waals surface area contributed by atoms with E-state index < -0.39 is 7.80 Å². The quantitative estimate of drug-likeness (QED) is 0.269. The molecule has 0 N–H and O–H groups in total. The zero-order valence-electron chi connectivity index (χ0n) is 20.6. The summed E-state index contributed by atoms with van der Waals surface area (Å²) < 4.78 is 25.3. The Bertz CT molecular complexity index is 1250. The van der Waals surface area contributed by atoms with Gasteiger partial charge in [-0.2, -0.15) is 0 Å². The first-order valence-corrected chi connectivity index (χ1v) is 12.7. The maximum absolute atomic E-state index is 13.1. The molecule has 4 rings (SSSR count). The number of hydrogen-bond donors (Lipinski definition) is 0. The van der Waals surface area contributed by atoms with E-state index in [2.05, 4.69) is 53.7 Å². The lowest BCUT2D eigenvalue weighted by Crippen LogP contribution is -2.06. The second kappa shape index (κ2) is 9.83. The van der Waals surface area contributed by atoms with Gasteiger partial charge in [-0.1, -0.05) is 16.7 Å². The van der Waals surface area contributed by atoms with Gasteiger partial charge >= 0.3 is 7.80 Å². The molecule has 0 atom stereocenters. The van der Waals surface area contributed by atoms with E-state index in [1.165, 1.54) is 22.3 Å². The van der Waals surface area contributed by atoms with Gasteiger partial charge in [-0.15, -0.1) is 0 Å². The van der Waals surface area contributed by atoms with Crippen molar-refractivity contribution in [3.05, 3.63) is 106 Å². The molecule has 0 aromatic heterocycles. The summed E-state index contributed by atoms with van der Waals surface area (Å²) in [4.78, 5) is 0. The second-order valence-electron chi connectivity index (χ2n) is 8.75. The van der Waals surface area contributed by atoms with Crippen LogP contribution in [0.4, 0.5) is 0 Å². The maximum Gasteiger partial charge on any atom is 0.415 e. The molecule has 0 unspecified atom stereocenters. The largest absolute Gasteiger partial charge is 0.457 e. The van der Waals surface area contributed by atoms with Crippen LogP contribution < -0.4 is 20.1 Å². The van der Waals surface area contributed by atoms with Crippen LogP contribution in [0.3, 0.4) is 0 Å². The first kappa shape index (κ1) is 23.7. The average Bonchev–Trinajstić information content (AvgIpc) is 2.85. The number of hydrogen-bond acceptors (Lipinski definition) is 3. The Kier molecular flexibility index (Phi) is 6.86. The highest BCUT2D eigenvalue weighted by atomic mass is 31.1. The number of aryl methyl sites for hydroxylation is 2. The first-order valence-electron chi connectivity index (χ1n) is 11.4. The van der Waals surface area contributed by atoms with Gasteiger partial charge in [0.25, 0.3) is 0 Å². The van der Waals surface area contributed by atoms with Crippen molar-refractivity contribution in [1.82, 2.24) is 0 Å². The van der Waals surface area contributed by atoms with Crippen LogP contribution in [0, 0.1) is 41.5 Å². The summed E-state index contributed by atoms with van der Waals surface area (Å²) in [6.07, 6.45) is 0. The Morgan fingerprint density at radius 1 is 0.471 bits per heavy atom. The maximum atomic E-state index is 13.1. The summed E-state index contributed by atoms with van der Waals surface area (Å²) in [5.74, 6) is 3.14. The molecule has 0 heterocycles. The van der Waals surface area contributed by atoms with E-state index in [-0.39, 0.29) is 0 Å². The zero-order valence-corrected chi connectivity index (χ0v) is 21.5. The fraction of sp³-hybridized carbons (Fsp3) is 0.200. The Balaban J connectivity index is 1.46. The Hall–Kier alpha value is -3.42. The van der Waals surface area contributed by atoms with Crippen LogP contribution in [0.5, 0.6) is 23.0 Å². The van der Waals surface area contributed by atoms with Crippen LogP contribution >= 0.6 is 7.80 Å². The summed E-state index contributed by atoms with van der Waals surface area (Å²) in [5, 5.41) is 1.52. The van der Waals surface area contributed by atoms with Crippen molar-refractivity contribution >= 4 is 18.4 Å². The van der Waals surface area contributed by atoms with Gasteiger partial charge in [0.1, 0.15) is 23.0 Å². The molecule has 34 heavy (non-hydrogen) atoms. The fourth-order valence-electron chi connectivity index (χ4n) is 3.79. The Morgan fingerprint density at radius 2 is 0.824 bits per heavy atom. The topological polar surface area (TPSA) is 35.5 Å². The molecule has 0 aliphatic carbocycles. The number of ether oxygens (including phenoxy) is 2. The third kappa shape index (κ3) is 4.90. The van der Waals surface area contributed by atoms with E-state index in [0.717, 1.165) is 44.7 Å². The first-order chi connectivity index (χ1) is 16.2. The van der Waals surface area contributed by atoms with Crippen LogP contribution in [0.25, 0.3) is 0 Å². The standard InChI is InChI=1S/C30H30O3P/c1-19-7-17-29(23(5)21(19)3)32-25-9-13-27(14-10-25)34(31)28-15-11-26(12-16-28)33-30-18-8-20(2)22(4)24(30)6/h7-18H,1-6H3/q+1. The molecule has 0 saturated carbocycles. The predicted molar refractivity (Wildman–Crippen MR) is 141 cm³/mol. The third-order valence-corrected chi connectivity index (χ3v) is 8.15. The van der Waals surface area contributed by atoms with Crippen molar-refractivity contribution in [3.8, 4) is 23.0 Å². The molecule has 0 bridgehead atoms. The lowest BCUT2D eigenvalue weighted by molar-refractivity contribution is 0.478. The molecule has 0 fully saturated rings. The van der Waals surface area contributed by atoms with Gasteiger partial charge in [0.05, 0.1) is 0 Å². The van der Waals surface area contributed by atoms with Crippen LogP contribution in [0.1, 0.15) is 33.4 Å². The van der Waals surface area contributed by atoms with Gasteiger partial charge in [0.15, 0.2) is 10.6 Å². The summed E-state index contributed by atoms with van der Waals surface area (Å²) >= 11 is 0. The van der Waals surface area contributed by atoms with E-state index in [4.69, 9.17) is 9.47 Å². The fourth-order valence-corrected chi connectivity index (χ4v) is 4.92. The molecule has 0 amide bonds. The normalized spacial score (nSPS) is 10.8. The van der Waals surface area contributed by atoms with Gasteiger partial charge in [0, 0.05) is 0 Å². The van der Waals surface area contributed by atoms with Crippen molar-refractivity contribution in [2.45, 2.75) is 41.5 Å². The molecular weight excluding hydrogens is 439 g/mol. The monoisotopic (exact) mass is 469 g/mol. The van der Waals surface area contributed by atoms with Gasteiger partial charge < -0.3 is 9.47 Å². The molecule has 0 aliphatic rings. The van der Waals surface area contributed by atoms with Crippen molar-refractivity contribution in [2.75, 3.05) is 0 Å². The van der Waals surface area contributed by atoms with Crippen molar-refractivity contribution in [1.29, 1.82) is 0 Å². The summed E-state index contributed by atoms with van der Waals surface area (Å²) in [6, 6.07) is 23.1. The minimum Gasteiger partial charge on any atom is -0.457 e. The van der Waals surface area contributed by atoms with E-state index in [0.29, 0.717) is 0 Å². The van der Waals surface area contributed by atoms with E-state index in [9.17, 15) is 4.57 Å². The average molecular weight is 470 g/mol. The third-order valence-electron chi connectivity index (χ3n) is 6.61. The molecule has 3 nitrogen and oxygen atoms in total. The number of rotatable bonds is 6. The van der Waals surface area contributed by atoms with Crippen molar-refractivity contribution in [3.63, 3.8) is 0 Å². The molecule has 4 aromatic carbocycles. The van der Waals surface area contributed by atoms with E-state index in [1.807, 2.05) is 60.7 Å². The molecule has 0 saturated heterocycles. The highest BCUT2D eigenvalue weighted by Crippen LogP contribution is 2.31. The van der Waals surface area contributed by atoms with Crippen LogP contribution in [-0.4, -0.2) is 0 Å². The van der Waals surface area contributed by atoms with Gasteiger partial charge in [-0.3, -0.25) is 0 Å². The van der Waals surface area contributed by atoms with E-state index >= 15 is 0 Å². The molecule has 4 heteroatoms. The summed E-state index contributed by atoms with van der Waals surface area (Å²) in [7, 11) is -1.71. The van der Waals surface area contributed by atoms with Crippen molar-refractivity contribution in [2.24, 2.45) is 0 Å². The lowest BCUT2D eigenvalue weighted by atomic mass is 10.0. The molecule has 172 valence electrons. The van der Waals surface area contributed by atoms with Gasteiger partial charge in [0.2, 0.25) is 0 Å². The SMILES string of the molecule is Cc1ccc(Oc2ccc([P+](=O)c3ccc(Oc4ccc(C)c(C)c4C)cc3)cc2)c(C)c1C. The van der Waals surface area contributed by atoms with E-state index in [1.54, 1.807) is 0 Å². The smallest absolute Gasteiger partial charge is 0.415 e.